The van der Waals surface area contributed by atoms with Gasteiger partial charge in [0.15, 0.2) is 6.79 Å². The van der Waals surface area contributed by atoms with Crippen LogP contribution in [0.4, 0.5) is 5.69 Å². The molecule has 0 saturated carbocycles. The predicted molar refractivity (Wildman–Crippen MR) is 100.0 cm³/mol. The van der Waals surface area contributed by atoms with Crippen molar-refractivity contribution in [1.82, 2.24) is 4.57 Å². The molecule has 0 atom stereocenters. The minimum absolute atomic E-state index is 0.00440. The van der Waals surface area contributed by atoms with Gasteiger partial charge in [-0.05, 0) is 19.1 Å². The van der Waals surface area contributed by atoms with Crippen molar-refractivity contribution in [2.24, 2.45) is 0 Å². The number of furan rings is 1. The molecule has 1 aliphatic rings. The zero-order chi connectivity index (χ0) is 21.3. The molecular formula is C20H15N3O7. The zero-order valence-electron chi connectivity index (χ0n) is 15.8. The molecule has 10 nitrogen and oxygen atoms in total. The second-order valence-electron chi connectivity index (χ2n) is 6.45. The number of aryl methyl sites for hydroxylation is 1. The lowest BCUT2D eigenvalue weighted by molar-refractivity contribution is -0.385. The Kier molecular flexibility index (Phi) is 4.95. The Hall–Kier alpha value is -4.10. The Morgan fingerprint density at radius 2 is 2.13 bits per heavy atom. The summed E-state index contributed by atoms with van der Waals surface area (Å²) < 4.78 is 23.1. The van der Waals surface area contributed by atoms with Crippen LogP contribution in [-0.4, -0.2) is 22.3 Å². The van der Waals surface area contributed by atoms with Crippen molar-refractivity contribution in [2.75, 3.05) is 6.79 Å². The molecule has 0 unspecified atom stereocenters. The van der Waals surface area contributed by atoms with Gasteiger partial charge in [-0.1, -0.05) is 0 Å². The van der Waals surface area contributed by atoms with E-state index in [2.05, 4.69) is 0 Å². The molecule has 1 aromatic carbocycles. The second kappa shape index (κ2) is 7.73. The number of nitro benzene ring substituents is 1. The van der Waals surface area contributed by atoms with Gasteiger partial charge < -0.3 is 18.6 Å². The molecule has 0 saturated heterocycles. The van der Waals surface area contributed by atoms with Crippen molar-refractivity contribution >= 4 is 11.7 Å². The van der Waals surface area contributed by atoms with Gasteiger partial charge in [-0.25, -0.2) is 4.79 Å². The van der Waals surface area contributed by atoms with Crippen LogP contribution in [0.5, 0.6) is 5.75 Å². The van der Waals surface area contributed by atoms with Gasteiger partial charge in [0, 0.05) is 35.7 Å². The van der Waals surface area contributed by atoms with Gasteiger partial charge >= 0.3 is 5.97 Å². The Bertz CT molecular complexity index is 1170. The molecule has 0 radical (unpaired) electrons. The molecule has 10 heteroatoms. The smallest absolute Gasteiger partial charge is 0.343 e. The first-order valence-corrected chi connectivity index (χ1v) is 8.84. The second-order valence-corrected chi connectivity index (χ2v) is 6.45. The van der Waals surface area contributed by atoms with E-state index < -0.39 is 10.9 Å². The van der Waals surface area contributed by atoms with Crippen molar-refractivity contribution in [2.45, 2.75) is 20.1 Å². The average molecular weight is 409 g/mol. The summed E-state index contributed by atoms with van der Waals surface area (Å²) in [5, 5.41) is 20.8. The van der Waals surface area contributed by atoms with Crippen LogP contribution in [0.15, 0.2) is 41.1 Å². The summed E-state index contributed by atoms with van der Waals surface area (Å²) in [7, 11) is 0. The molecule has 4 rings (SSSR count). The number of non-ortho nitro benzene ring substituents is 1. The first-order chi connectivity index (χ1) is 14.5. The van der Waals surface area contributed by atoms with Crippen LogP contribution < -0.4 is 4.74 Å². The van der Waals surface area contributed by atoms with E-state index in [1.165, 1.54) is 12.1 Å². The van der Waals surface area contributed by atoms with Gasteiger partial charge in [-0.2, -0.15) is 5.26 Å². The van der Waals surface area contributed by atoms with Gasteiger partial charge in [0.1, 0.15) is 35.3 Å². The number of carbonyl (C=O) groups is 1. The predicted octanol–water partition coefficient (Wildman–Crippen LogP) is 3.38. The van der Waals surface area contributed by atoms with Crippen molar-refractivity contribution < 1.29 is 28.3 Å². The molecule has 0 N–H and O–H groups in total. The van der Waals surface area contributed by atoms with E-state index in [4.69, 9.17) is 18.6 Å². The summed E-state index contributed by atoms with van der Waals surface area (Å²) in [5.41, 5.74) is 0.708. The number of carbonyl (C=O) groups excluding carboxylic acids is 1. The van der Waals surface area contributed by atoms with Crippen molar-refractivity contribution in [3.8, 4) is 17.7 Å². The summed E-state index contributed by atoms with van der Waals surface area (Å²) in [5.74, 6) is 0.0433. The van der Waals surface area contributed by atoms with Gasteiger partial charge in [0.25, 0.3) is 5.69 Å². The first-order valence-electron chi connectivity index (χ1n) is 8.84. The van der Waals surface area contributed by atoms with Crippen LogP contribution in [0.25, 0.3) is 5.88 Å². The van der Waals surface area contributed by atoms with E-state index in [-0.39, 0.29) is 48.5 Å². The fourth-order valence-electron chi connectivity index (χ4n) is 3.24. The van der Waals surface area contributed by atoms with Crippen LogP contribution in [0, 0.1) is 28.4 Å². The highest BCUT2D eigenvalue weighted by atomic mass is 16.7. The summed E-state index contributed by atoms with van der Waals surface area (Å²) >= 11 is 0. The zero-order valence-corrected chi connectivity index (χ0v) is 15.8. The van der Waals surface area contributed by atoms with Crippen molar-refractivity contribution in [3.05, 3.63) is 74.8 Å². The number of esters is 1. The number of aromatic nitrogens is 1. The molecule has 3 aromatic rings. The summed E-state index contributed by atoms with van der Waals surface area (Å²) in [4.78, 5) is 23.4. The fraction of sp³-hybridized carbons (Fsp3) is 0.200. The Labute approximate surface area is 169 Å². The Balaban J connectivity index is 1.63. The monoisotopic (exact) mass is 409 g/mol. The van der Waals surface area contributed by atoms with Gasteiger partial charge in [0.2, 0.25) is 5.88 Å². The van der Waals surface area contributed by atoms with E-state index in [9.17, 15) is 20.2 Å². The normalized spacial score (nSPS) is 12.5. The molecule has 0 fully saturated rings. The molecule has 0 aliphatic carbocycles. The highest BCUT2D eigenvalue weighted by molar-refractivity contribution is 5.94. The number of rotatable bonds is 5. The van der Waals surface area contributed by atoms with Crippen LogP contribution in [0.1, 0.15) is 32.8 Å². The number of benzene rings is 1. The highest BCUT2D eigenvalue weighted by Crippen LogP contribution is 2.33. The summed E-state index contributed by atoms with van der Waals surface area (Å²) in [6, 6.07) is 8.14. The van der Waals surface area contributed by atoms with E-state index in [1.54, 1.807) is 36.0 Å². The standard InChI is InChI=1S/C20H15N3O7/c1-12-17(16(8-21)19(30-12)22-4-2-3-5-22)20(24)28-10-14-7-15(23(25)26)6-13-9-27-11-29-18(13)14/h2-7H,9-11H2,1H3. The van der Waals surface area contributed by atoms with Crippen molar-refractivity contribution in [1.29, 1.82) is 5.26 Å². The Morgan fingerprint density at radius 3 is 2.83 bits per heavy atom. The maximum Gasteiger partial charge on any atom is 0.343 e. The lowest BCUT2D eigenvalue weighted by Crippen LogP contribution is -2.15. The number of hydrogen-bond acceptors (Lipinski definition) is 8. The first kappa shape index (κ1) is 19.2. The third-order valence-electron chi connectivity index (χ3n) is 4.56. The van der Waals surface area contributed by atoms with Gasteiger partial charge in [-0.15, -0.1) is 0 Å². The van der Waals surface area contributed by atoms with Crippen LogP contribution in [-0.2, 0) is 22.7 Å². The lowest BCUT2D eigenvalue weighted by Gasteiger charge is -2.20. The average Bonchev–Trinajstić information content (AvgIpc) is 3.38. The number of nitro groups is 1. The molecule has 30 heavy (non-hydrogen) atoms. The van der Waals surface area contributed by atoms with Crippen LogP contribution in [0.2, 0.25) is 0 Å². The molecule has 0 bridgehead atoms. The minimum atomic E-state index is -0.779. The number of nitriles is 1. The third kappa shape index (κ3) is 3.38. The molecule has 1 aliphatic heterocycles. The molecule has 0 amide bonds. The molecular weight excluding hydrogens is 394 g/mol. The number of ether oxygens (including phenoxy) is 3. The fourth-order valence-corrected chi connectivity index (χ4v) is 3.24. The minimum Gasteiger partial charge on any atom is -0.467 e. The Morgan fingerprint density at radius 1 is 1.37 bits per heavy atom. The molecule has 0 spiro atoms. The number of hydrogen-bond donors (Lipinski definition) is 0. The van der Waals surface area contributed by atoms with Gasteiger partial charge in [0.05, 0.1) is 11.5 Å². The SMILES string of the molecule is Cc1oc(-n2cccc2)c(C#N)c1C(=O)OCc1cc([N+](=O)[O-])cc2c1OCOC2. The maximum absolute atomic E-state index is 12.7. The largest absolute Gasteiger partial charge is 0.467 e. The third-order valence-corrected chi connectivity index (χ3v) is 4.56. The number of nitrogens with zero attached hydrogens (tertiary/aromatic N) is 3. The molecule has 3 heterocycles. The molecule has 2 aromatic heterocycles. The van der Waals surface area contributed by atoms with E-state index in [1.807, 2.05) is 6.07 Å². The maximum atomic E-state index is 12.7. The lowest BCUT2D eigenvalue weighted by atomic mass is 10.1. The van der Waals surface area contributed by atoms with E-state index in [0.717, 1.165) is 0 Å². The van der Waals surface area contributed by atoms with Gasteiger partial charge in [-0.3, -0.25) is 14.7 Å². The highest BCUT2D eigenvalue weighted by Gasteiger charge is 2.27. The van der Waals surface area contributed by atoms with E-state index in [0.29, 0.717) is 16.9 Å². The van der Waals surface area contributed by atoms with E-state index >= 15 is 0 Å². The summed E-state index contributed by atoms with van der Waals surface area (Å²) in [6.45, 7) is 1.42. The van der Waals surface area contributed by atoms with Crippen LogP contribution in [0.3, 0.4) is 0 Å². The number of fused-ring (bicyclic) bond motifs is 1. The van der Waals surface area contributed by atoms with Crippen LogP contribution >= 0.6 is 0 Å². The summed E-state index contributed by atoms with van der Waals surface area (Å²) in [6.07, 6.45) is 3.37. The molecule has 152 valence electrons. The topological polar surface area (TPSA) is 130 Å². The van der Waals surface area contributed by atoms with Crippen molar-refractivity contribution in [3.63, 3.8) is 0 Å². The quantitative estimate of drug-likeness (QED) is 0.356.